The molecule has 1 saturated heterocycles. The fourth-order valence-electron chi connectivity index (χ4n) is 3.93. The molecule has 0 bridgehead atoms. The van der Waals surface area contributed by atoms with Crippen LogP contribution in [-0.2, 0) is 16.1 Å². The Balaban J connectivity index is 1.72. The number of aliphatic hydroxyl groups excluding tert-OH is 1. The molecular formula is C22H30ClN7O4. The van der Waals surface area contributed by atoms with E-state index in [1.165, 1.54) is 16.6 Å². The standard InChI is InChI=1S/C22H30ClN7O4/c1-22(2,3)18(20(33)29-12-14(31)9-17(29)19(32)24-4)30-11-13(27-28-30)10-25-21(34)26-16-8-6-5-7-15(16)23/h5-8,11,14,17-18,31H,9-10,12H2,1-4H3,(H,24,32)(H2,25,26,34)/t14-,17+,18-/m1/s1. The molecule has 34 heavy (non-hydrogen) atoms. The van der Waals surface area contributed by atoms with Gasteiger partial charge in [0.05, 0.1) is 29.6 Å². The Morgan fingerprint density at radius 1 is 1.26 bits per heavy atom. The smallest absolute Gasteiger partial charge is 0.319 e. The first kappa shape index (κ1) is 25.4. The second-order valence-corrected chi connectivity index (χ2v) is 9.66. The third-order valence-corrected chi connectivity index (χ3v) is 5.87. The second kappa shape index (κ2) is 10.4. The van der Waals surface area contributed by atoms with Gasteiger partial charge in [-0.3, -0.25) is 9.59 Å². The van der Waals surface area contributed by atoms with E-state index in [1.807, 2.05) is 20.8 Å². The van der Waals surface area contributed by atoms with Gasteiger partial charge in [0.2, 0.25) is 11.8 Å². The molecule has 2 heterocycles. The van der Waals surface area contributed by atoms with Gasteiger partial charge < -0.3 is 26.0 Å². The van der Waals surface area contributed by atoms with Crippen molar-refractivity contribution in [2.45, 2.75) is 51.9 Å². The summed E-state index contributed by atoms with van der Waals surface area (Å²) in [5.74, 6) is -0.663. The number of para-hydroxylation sites is 1. The van der Waals surface area contributed by atoms with Crippen LogP contribution in [-0.4, -0.2) is 68.6 Å². The molecule has 1 fully saturated rings. The summed E-state index contributed by atoms with van der Waals surface area (Å²) in [4.78, 5) is 39.4. The van der Waals surface area contributed by atoms with E-state index in [0.29, 0.717) is 16.4 Å². The van der Waals surface area contributed by atoms with E-state index in [2.05, 4.69) is 26.3 Å². The number of likely N-dealkylation sites (tertiary alicyclic amines) is 1. The number of aromatic nitrogens is 3. The molecule has 1 aliphatic heterocycles. The number of anilines is 1. The van der Waals surface area contributed by atoms with Crippen LogP contribution in [0, 0.1) is 5.41 Å². The van der Waals surface area contributed by atoms with Gasteiger partial charge in [-0.2, -0.15) is 0 Å². The zero-order valence-electron chi connectivity index (χ0n) is 19.6. The Hall–Kier alpha value is -3.18. The molecule has 0 radical (unpaired) electrons. The number of halogens is 1. The summed E-state index contributed by atoms with van der Waals surface area (Å²) >= 11 is 6.05. The van der Waals surface area contributed by atoms with Gasteiger partial charge in [-0.25, -0.2) is 9.48 Å². The number of benzene rings is 1. The van der Waals surface area contributed by atoms with E-state index in [9.17, 15) is 19.5 Å². The zero-order chi connectivity index (χ0) is 25.0. The van der Waals surface area contributed by atoms with Crippen LogP contribution >= 0.6 is 11.6 Å². The number of aliphatic hydroxyl groups is 1. The number of amides is 4. The van der Waals surface area contributed by atoms with E-state index in [0.717, 1.165) is 0 Å². The van der Waals surface area contributed by atoms with Gasteiger partial charge >= 0.3 is 6.03 Å². The number of hydrogen-bond acceptors (Lipinski definition) is 6. The van der Waals surface area contributed by atoms with Crippen LogP contribution in [0.5, 0.6) is 0 Å². The van der Waals surface area contributed by atoms with Gasteiger partial charge in [-0.15, -0.1) is 5.10 Å². The summed E-state index contributed by atoms with van der Waals surface area (Å²) in [5, 5.41) is 26.6. The number of carbonyl (C=O) groups excluding carboxylic acids is 3. The molecule has 4 amide bonds. The molecule has 0 spiro atoms. The molecule has 3 atom stereocenters. The normalized spacial score (nSPS) is 18.9. The molecule has 1 aliphatic rings. The average molecular weight is 492 g/mol. The number of nitrogens with zero attached hydrogens (tertiary/aromatic N) is 4. The summed E-state index contributed by atoms with van der Waals surface area (Å²) in [5.41, 5.74) is 0.348. The van der Waals surface area contributed by atoms with Gasteiger partial charge in [-0.05, 0) is 17.5 Å². The molecule has 12 heteroatoms. The lowest BCUT2D eigenvalue weighted by molar-refractivity contribution is -0.144. The number of urea groups is 1. The summed E-state index contributed by atoms with van der Waals surface area (Å²) in [6, 6.07) is 4.87. The van der Waals surface area contributed by atoms with Crippen molar-refractivity contribution in [3.8, 4) is 0 Å². The summed E-state index contributed by atoms with van der Waals surface area (Å²) in [6.07, 6.45) is 0.986. The largest absolute Gasteiger partial charge is 0.391 e. The van der Waals surface area contributed by atoms with Gasteiger partial charge in [0.15, 0.2) is 0 Å². The Labute approximate surface area is 202 Å². The number of rotatable bonds is 6. The van der Waals surface area contributed by atoms with Crippen molar-refractivity contribution in [2.75, 3.05) is 18.9 Å². The van der Waals surface area contributed by atoms with E-state index < -0.39 is 29.6 Å². The molecule has 0 unspecified atom stereocenters. The maximum atomic E-state index is 13.5. The van der Waals surface area contributed by atoms with Crippen molar-refractivity contribution in [1.82, 2.24) is 30.5 Å². The van der Waals surface area contributed by atoms with E-state index in [1.54, 1.807) is 30.5 Å². The highest BCUT2D eigenvalue weighted by molar-refractivity contribution is 6.33. The van der Waals surface area contributed by atoms with Crippen LogP contribution in [0.3, 0.4) is 0 Å². The Morgan fingerprint density at radius 3 is 2.62 bits per heavy atom. The lowest BCUT2D eigenvalue weighted by atomic mass is 9.85. The number of carbonyl (C=O) groups is 3. The van der Waals surface area contributed by atoms with Crippen molar-refractivity contribution in [2.24, 2.45) is 5.41 Å². The molecule has 4 N–H and O–H groups in total. The molecule has 0 aliphatic carbocycles. The third-order valence-electron chi connectivity index (χ3n) is 5.54. The minimum atomic E-state index is -0.779. The summed E-state index contributed by atoms with van der Waals surface area (Å²) in [7, 11) is 1.50. The average Bonchev–Trinajstić information content (AvgIpc) is 3.39. The van der Waals surface area contributed by atoms with Crippen molar-refractivity contribution in [3.63, 3.8) is 0 Å². The molecule has 11 nitrogen and oxygen atoms in total. The van der Waals surface area contributed by atoms with Gasteiger partial charge in [0.25, 0.3) is 0 Å². The summed E-state index contributed by atoms with van der Waals surface area (Å²) < 4.78 is 1.44. The van der Waals surface area contributed by atoms with Gasteiger partial charge in [-0.1, -0.05) is 49.7 Å². The van der Waals surface area contributed by atoms with Crippen LogP contribution in [0.4, 0.5) is 10.5 Å². The van der Waals surface area contributed by atoms with Gasteiger partial charge in [0, 0.05) is 20.0 Å². The fourth-order valence-corrected chi connectivity index (χ4v) is 4.11. The number of β-amino-alcohol motifs (C(OH)–C–C–N with tert-alkyl or cyclic N) is 1. The first-order valence-electron chi connectivity index (χ1n) is 10.9. The zero-order valence-corrected chi connectivity index (χ0v) is 20.3. The fraction of sp³-hybridized carbons (Fsp3) is 0.500. The van der Waals surface area contributed by atoms with Crippen molar-refractivity contribution in [1.29, 1.82) is 0 Å². The molecule has 1 aromatic heterocycles. The maximum Gasteiger partial charge on any atom is 0.319 e. The lowest BCUT2D eigenvalue weighted by Crippen LogP contribution is -2.49. The Bertz CT molecular complexity index is 1050. The molecule has 3 rings (SSSR count). The van der Waals surface area contributed by atoms with E-state index in [-0.39, 0.29) is 31.3 Å². The first-order valence-corrected chi connectivity index (χ1v) is 11.3. The molecule has 2 aromatic rings. The highest BCUT2D eigenvalue weighted by Gasteiger charge is 2.45. The summed E-state index contributed by atoms with van der Waals surface area (Å²) in [6.45, 7) is 5.79. The predicted octanol–water partition coefficient (Wildman–Crippen LogP) is 1.55. The minimum Gasteiger partial charge on any atom is -0.391 e. The first-order chi connectivity index (χ1) is 16.0. The monoisotopic (exact) mass is 491 g/mol. The van der Waals surface area contributed by atoms with Crippen LogP contribution < -0.4 is 16.0 Å². The SMILES string of the molecule is CNC(=O)[C@@H]1C[C@@H](O)CN1C(=O)[C@@H](n1cc(CNC(=O)Nc2ccccc2Cl)nn1)C(C)(C)C. The second-order valence-electron chi connectivity index (χ2n) is 9.26. The number of hydrogen-bond donors (Lipinski definition) is 4. The molecular weight excluding hydrogens is 462 g/mol. The highest BCUT2D eigenvalue weighted by Crippen LogP contribution is 2.34. The molecule has 0 saturated carbocycles. The van der Waals surface area contributed by atoms with E-state index in [4.69, 9.17) is 11.6 Å². The van der Waals surface area contributed by atoms with Crippen LogP contribution in [0.25, 0.3) is 0 Å². The number of likely N-dealkylation sites (N-methyl/N-ethyl adjacent to an activating group) is 1. The highest BCUT2D eigenvalue weighted by atomic mass is 35.5. The Morgan fingerprint density at radius 2 is 1.97 bits per heavy atom. The van der Waals surface area contributed by atoms with Gasteiger partial charge in [0.1, 0.15) is 17.8 Å². The topological polar surface area (TPSA) is 141 Å². The quantitative estimate of drug-likeness (QED) is 0.483. The van der Waals surface area contributed by atoms with E-state index >= 15 is 0 Å². The Kier molecular flexibility index (Phi) is 7.78. The lowest BCUT2D eigenvalue weighted by Gasteiger charge is -2.34. The third kappa shape index (κ3) is 5.84. The number of nitrogens with one attached hydrogen (secondary N) is 3. The predicted molar refractivity (Wildman–Crippen MR) is 126 cm³/mol. The molecule has 1 aromatic carbocycles. The van der Waals surface area contributed by atoms with Crippen molar-refractivity contribution in [3.05, 3.63) is 41.2 Å². The minimum absolute atomic E-state index is 0.0643. The van der Waals surface area contributed by atoms with Crippen LogP contribution in [0.15, 0.2) is 30.5 Å². The van der Waals surface area contributed by atoms with Crippen LogP contribution in [0.2, 0.25) is 5.02 Å². The van der Waals surface area contributed by atoms with Crippen molar-refractivity contribution >= 4 is 35.1 Å². The van der Waals surface area contributed by atoms with Crippen LogP contribution in [0.1, 0.15) is 38.9 Å². The van der Waals surface area contributed by atoms with Crippen molar-refractivity contribution < 1.29 is 19.5 Å². The maximum absolute atomic E-state index is 13.5. The molecule has 184 valence electrons.